The van der Waals surface area contributed by atoms with Gasteiger partial charge in [-0.05, 0) is 47.9 Å². The van der Waals surface area contributed by atoms with Gasteiger partial charge in [0.2, 0.25) is 0 Å². The zero-order valence-corrected chi connectivity index (χ0v) is 15.7. The quantitative estimate of drug-likeness (QED) is 0.533. The van der Waals surface area contributed by atoms with Gasteiger partial charge >= 0.3 is 0 Å². The summed E-state index contributed by atoms with van der Waals surface area (Å²) < 4.78 is 11.0. The average molecular weight is 362 g/mol. The highest BCUT2D eigenvalue weighted by molar-refractivity contribution is 6.02. The van der Waals surface area contributed by atoms with Crippen LogP contribution >= 0.6 is 0 Å². The van der Waals surface area contributed by atoms with Crippen LogP contribution in [0, 0.1) is 13.8 Å². The lowest BCUT2D eigenvalue weighted by Gasteiger charge is -2.10. The number of fused-ring (bicyclic) bond motifs is 1. The zero-order valence-electron chi connectivity index (χ0n) is 15.7. The van der Waals surface area contributed by atoms with Gasteiger partial charge in [0.15, 0.2) is 6.61 Å². The Hall–Kier alpha value is -3.34. The molecule has 3 rings (SSSR count). The van der Waals surface area contributed by atoms with E-state index in [4.69, 9.17) is 9.47 Å². The second-order valence-electron chi connectivity index (χ2n) is 6.18. The number of rotatable bonds is 6. The van der Waals surface area contributed by atoms with Gasteiger partial charge in [-0.1, -0.05) is 42.5 Å². The first-order valence-corrected chi connectivity index (χ1v) is 8.67. The van der Waals surface area contributed by atoms with Crippen LogP contribution in [0.25, 0.3) is 10.8 Å². The first-order chi connectivity index (χ1) is 13.1. The third kappa shape index (κ3) is 4.26. The van der Waals surface area contributed by atoms with Crippen LogP contribution in [-0.2, 0) is 4.79 Å². The summed E-state index contributed by atoms with van der Waals surface area (Å²) in [6.45, 7) is 3.87. The lowest BCUT2D eigenvalue weighted by atomic mass is 10.0. The molecule has 0 spiro atoms. The number of carbonyl (C=O) groups excluding carboxylic acids is 1. The summed E-state index contributed by atoms with van der Waals surface area (Å²) in [5.74, 6) is 1.06. The minimum Gasteiger partial charge on any atom is -0.496 e. The summed E-state index contributed by atoms with van der Waals surface area (Å²) in [7, 11) is 1.61. The number of nitrogens with one attached hydrogen (secondary N) is 1. The Balaban J connectivity index is 1.68. The van der Waals surface area contributed by atoms with Crippen molar-refractivity contribution in [1.29, 1.82) is 0 Å². The predicted octanol–water partition coefficient (Wildman–Crippen LogP) is 3.99. The summed E-state index contributed by atoms with van der Waals surface area (Å²) in [6.07, 6.45) is 1.59. The van der Waals surface area contributed by atoms with Gasteiger partial charge in [0, 0.05) is 5.56 Å². The van der Waals surface area contributed by atoms with Crippen LogP contribution in [0.5, 0.6) is 11.5 Å². The van der Waals surface area contributed by atoms with Gasteiger partial charge in [-0.2, -0.15) is 5.10 Å². The molecule has 1 amide bonds. The number of carbonyl (C=O) groups is 1. The molecule has 27 heavy (non-hydrogen) atoms. The van der Waals surface area contributed by atoms with E-state index in [0.29, 0.717) is 11.5 Å². The Morgan fingerprint density at radius 1 is 1.04 bits per heavy atom. The van der Waals surface area contributed by atoms with Crippen molar-refractivity contribution in [2.45, 2.75) is 13.8 Å². The molecule has 0 radical (unpaired) electrons. The van der Waals surface area contributed by atoms with E-state index in [-0.39, 0.29) is 12.5 Å². The summed E-state index contributed by atoms with van der Waals surface area (Å²) in [5, 5.41) is 6.14. The number of aryl methyl sites for hydroxylation is 1. The van der Waals surface area contributed by atoms with Gasteiger partial charge in [0.25, 0.3) is 5.91 Å². The van der Waals surface area contributed by atoms with Gasteiger partial charge in [-0.25, -0.2) is 5.43 Å². The molecule has 0 fully saturated rings. The molecule has 0 aliphatic rings. The van der Waals surface area contributed by atoms with E-state index in [9.17, 15) is 4.79 Å². The summed E-state index contributed by atoms with van der Waals surface area (Å²) in [4.78, 5) is 12.0. The third-order valence-corrected chi connectivity index (χ3v) is 4.45. The summed E-state index contributed by atoms with van der Waals surface area (Å²) in [5.41, 5.74) is 5.45. The molecule has 0 atom stereocenters. The van der Waals surface area contributed by atoms with E-state index in [0.717, 1.165) is 27.5 Å². The maximum Gasteiger partial charge on any atom is 0.277 e. The SMILES string of the molecule is COc1ccc2ccccc2c1/C=N\NC(=O)COc1cccc(C)c1C. The van der Waals surface area contributed by atoms with E-state index in [1.165, 1.54) is 0 Å². The zero-order chi connectivity index (χ0) is 19.2. The molecule has 5 heteroatoms. The monoisotopic (exact) mass is 362 g/mol. The Morgan fingerprint density at radius 2 is 1.85 bits per heavy atom. The molecule has 138 valence electrons. The van der Waals surface area contributed by atoms with E-state index in [2.05, 4.69) is 10.5 Å². The Labute approximate surface area is 158 Å². The summed E-state index contributed by atoms with van der Waals surface area (Å²) >= 11 is 0. The van der Waals surface area contributed by atoms with E-state index in [1.54, 1.807) is 13.3 Å². The molecular weight excluding hydrogens is 340 g/mol. The molecule has 0 aliphatic carbocycles. The second-order valence-corrected chi connectivity index (χ2v) is 6.18. The molecule has 0 aliphatic heterocycles. The minimum atomic E-state index is -0.327. The topological polar surface area (TPSA) is 59.9 Å². The van der Waals surface area contributed by atoms with Crippen LogP contribution in [-0.4, -0.2) is 25.8 Å². The minimum absolute atomic E-state index is 0.103. The Bertz CT molecular complexity index is 996. The van der Waals surface area contributed by atoms with Crippen molar-refractivity contribution in [3.05, 3.63) is 71.3 Å². The van der Waals surface area contributed by atoms with E-state index < -0.39 is 0 Å². The molecule has 3 aromatic rings. The molecule has 0 saturated carbocycles. The summed E-state index contributed by atoms with van der Waals surface area (Å²) in [6, 6.07) is 17.6. The molecule has 5 nitrogen and oxygen atoms in total. The first kappa shape index (κ1) is 18.5. The first-order valence-electron chi connectivity index (χ1n) is 8.67. The highest BCUT2D eigenvalue weighted by Gasteiger charge is 2.07. The number of nitrogens with zero attached hydrogens (tertiary/aromatic N) is 1. The van der Waals surface area contributed by atoms with Gasteiger partial charge in [0.1, 0.15) is 11.5 Å². The number of hydrazone groups is 1. The lowest BCUT2D eigenvalue weighted by Crippen LogP contribution is -2.24. The fraction of sp³-hybridized carbons (Fsp3) is 0.182. The number of benzene rings is 3. The molecular formula is C22H22N2O3. The van der Waals surface area contributed by atoms with Crippen LogP contribution in [0.3, 0.4) is 0 Å². The smallest absolute Gasteiger partial charge is 0.277 e. The van der Waals surface area contributed by atoms with Crippen LogP contribution in [0.1, 0.15) is 16.7 Å². The number of hydrogen-bond acceptors (Lipinski definition) is 4. The van der Waals surface area contributed by atoms with E-state index >= 15 is 0 Å². The number of hydrogen-bond donors (Lipinski definition) is 1. The molecule has 1 N–H and O–H groups in total. The lowest BCUT2D eigenvalue weighted by molar-refractivity contribution is -0.123. The normalized spacial score (nSPS) is 10.9. The third-order valence-electron chi connectivity index (χ3n) is 4.45. The van der Waals surface area contributed by atoms with Crippen molar-refractivity contribution < 1.29 is 14.3 Å². The number of ether oxygens (including phenoxy) is 2. The number of amides is 1. The standard InChI is InChI=1S/C22H22N2O3/c1-15-7-6-10-20(16(15)2)27-14-22(25)24-23-13-19-18-9-5-4-8-17(18)11-12-21(19)26-3/h4-13H,14H2,1-3H3,(H,24,25)/b23-13-. The van der Waals surface area contributed by atoms with Crippen molar-refractivity contribution in [2.24, 2.45) is 5.10 Å². The van der Waals surface area contributed by atoms with Crippen LogP contribution in [0.4, 0.5) is 0 Å². The molecule has 0 bridgehead atoms. The van der Waals surface area contributed by atoms with Crippen molar-refractivity contribution in [2.75, 3.05) is 13.7 Å². The molecule has 0 saturated heterocycles. The van der Waals surface area contributed by atoms with Crippen molar-refractivity contribution in [3.8, 4) is 11.5 Å². The molecule has 0 heterocycles. The van der Waals surface area contributed by atoms with Crippen LogP contribution in [0.2, 0.25) is 0 Å². The highest BCUT2D eigenvalue weighted by atomic mass is 16.5. The van der Waals surface area contributed by atoms with Gasteiger partial charge < -0.3 is 9.47 Å². The molecule has 3 aromatic carbocycles. The number of methoxy groups -OCH3 is 1. The highest BCUT2D eigenvalue weighted by Crippen LogP contribution is 2.26. The largest absolute Gasteiger partial charge is 0.496 e. The fourth-order valence-electron chi connectivity index (χ4n) is 2.81. The van der Waals surface area contributed by atoms with Crippen molar-refractivity contribution in [1.82, 2.24) is 5.43 Å². The predicted molar refractivity (Wildman–Crippen MR) is 108 cm³/mol. The van der Waals surface area contributed by atoms with Gasteiger partial charge in [0.05, 0.1) is 13.3 Å². The van der Waals surface area contributed by atoms with Gasteiger partial charge in [-0.3, -0.25) is 4.79 Å². The molecule has 0 aromatic heterocycles. The Morgan fingerprint density at radius 3 is 2.67 bits per heavy atom. The maximum atomic E-state index is 12.0. The fourth-order valence-corrected chi connectivity index (χ4v) is 2.81. The molecule has 0 unspecified atom stereocenters. The van der Waals surface area contributed by atoms with E-state index in [1.807, 2.05) is 68.4 Å². The maximum absolute atomic E-state index is 12.0. The Kier molecular flexibility index (Phi) is 5.71. The second kappa shape index (κ2) is 8.36. The van der Waals surface area contributed by atoms with Crippen LogP contribution in [0.15, 0.2) is 59.7 Å². The van der Waals surface area contributed by atoms with Crippen molar-refractivity contribution >= 4 is 22.9 Å². The average Bonchev–Trinajstić information content (AvgIpc) is 2.69. The van der Waals surface area contributed by atoms with Crippen molar-refractivity contribution in [3.63, 3.8) is 0 Å². The van der Waals surface area contributed by atoms with Crippen LogP contribution < -0.4 is 14.9 Å². The van der Waals surface area contributed by atoms with Gasteiger partial charge in [-0.15, -0.1) is 0 Å².